The van der Waals surface area contributed by atoms with Gasteiger partial charge in [-0.1, -0.05) is 0 Å². The van der Waals surface area contributed by atoms with Crippen LogP contribution >= 0.6 is 0 Å². The summed E-state index contributed by atoms with van der Waals surface area (Å²) in [6, 6.07) is 16.4. The number of halogens is 1. The maximum absolute atomic E-state index is 13.1. The number of anilines is 1. The van der Waals surface area contributed by atoms with Crippen LogP contribution in [0.5, 0.6) is 11.5 Å². The van der Waals surface area contributed by atoms with Crippen LogP contribution < -0.4 is 9.04 Å². The average Bonchev–Trinajstić information content (AvgIpc) is 3.17. The van der Waals surface area contributed by atoms with Gasteiger partial charge in [-0.15, -0.1) is 0 Å². The molecule has 1 aromatic heterocycles. The van der Waals surface area contributed by atoms with Crippen molar-refractivity contribution < 1.29 is 37.0 Å². The molecule has 4 aromatic rings. The number of rotatable bonds is 8. The second-order valence-electron chi connectivity index (χ2n) is 7.43. The Bertz CT molecular complexity index is 1450. The van der Waals surface area contributed by atoms with Crippen molar-refractivity contribution in [2.24, 2.45) is 0 Å². The second kappa shape index (κ2) is 9.16. The van der Waals surface area contributed by atoms with E-state index in [9.17, 15) is 27.8 Å². The Morgan fingerprint density at radius 2 is 1.65 bits per heavy atom. The molecule has 0 aliphatic heterocycles. The maximum Gasteiger partial charge on any atom is 0.340 e. The molecule has 0 bridgehead atoms. The van der Waals surface area contributed by atoms with Crippen molar-refractivity contribution in [1.82, 2.24) is 0 Å². The van der Waals surface area contributed by atoms with Crippen LogP contribution in [-0.4, -0.2) is 44.0 Å². The highest BCUT2D eigenvalue weighted by Gasteiger charge is 2.24. The van der Waals surface area contributed by atoms with E-state index in [1.165, 1.54) is 42.5 Å². The van der Waals surface area contributed by atoms with E-state index in [0.717, 1.165) is 10.6 Å². The van der Waals surface area contributed by atoms with Crippen LogP contribution in [0.2, 0.25) is 0 Å². The van der Waals surface area contributed by atoms with Crippen LogP contribution in [-0.2, 0) is 10.0 Å². The Hall–Kier alpha value is -3.89. The lowest BCUT2D eigenvalue weighted by molar-refractivity contribution is 0.0699. The minimum absolute atomic E-state index is 0.0678. The summed E-state index contributed by atoms with van der Waals surface area (Å²) >= 11 is 0. The van der Waals surface area contributed by atoms with Gasteiger partial charge in [-0.3, -0.25) is 4.31 Å². The van der Waals surface area contributed by atoms with Gasteiger partial charge in [0.1, 0.15) is 34.2 Å². The third-order valence-electron chi connectivity index (χ3n) is 5.04. The molecule has 1 heterocycles. The van der Waals surface area contributed by atoms with E-state index in [4.69, 9.17) is 9.15 Å². The molecule has 0 saturated heterocycles. The van der Waals surface area contributed by atoms with Crippen LogP contribution in [0.3, 0.4) is 0 Å². The first-order chi connectivity index (χ1) is 16.2. The summed E-state index contributed by atoms with van der Waals surface area (Å²) in [5, 5.41) is 19.4. The topological polar surface area (TPSA) is 117 Å². The molecule has 4 rings (SSSR count). The zero-order valence-corrected chi connectivity index (χ0v) is 18.8. The molecule has 0 amide bonds. The third kappa shape index (κ3) is 4.73. The van der Waals surface area contributed by atoms with Crippen molar-refractivity contribution in [1.29, 1.82) is 0 Å². The van der Waals surface area contributed by atoms with Gasteiger partial charge in [0.15, 0.2) is 0 Å². The van der Waals surface area contributed by atoms with Crippen molar-refractivity contribution in [3.63, 3.8) is 0 Å². The quantitative estimate of drug-likeness (QED) is 0.378. The summed E-state index contributed by atoms with van der Waals surface area (Å²) in [5.41, 5.74) is 0.825. The van der Waals surface area contributed by atoms with E-state index in [2.05, 4.69) is 0 Å². The lowest BCUT2D eigenvalue weighted by Gasteiger charge is -2.21. The van der Waals surface area contributed by atoms with Crippen LogP contribution in [0, 0.1) is 5.82 Å². The van der Waals surface area contributed by atoms with Gasteiger partial charge < -0.3 is 19.4 Å². The number of hydrogen-bond acceptors (Lipinski definition) is 6. The maximum atomic E-state index is 13.1. The van der Waals surface area contributed by atoms with E-state index in [1.54, 1.807) is 24.3 Å². The smallest absolute Gasteiger partial charge is 0.340 e. The molecule has 10 heteroatoms. The molecule has 0 fully saturated rings. The highest BCUT2D eigenvalue weighted by molar-refractivity contribution is 7.92. The fourth-order valence-electron chi connectivity index (χ4n) is 3.55. The van der Waals surface area contributed by atoms with E-state index < -0.39 is 16.0 Å². The number of sulfonamides is 1. The highest BCUT2D eigenvalue weighted by atomic mass is 32.2. The molecule has 2 N–H and O–H groups in total. The van der Waals surface area contributed by atoms with Crippen molar-refractivity contribution >= 4 is 32.6 Å². The number of furan rings is 1. The SMILES string of the molecule is CS(=O)(=O)N(CCO)c1ccc2c(C(=O)O)c(-c3ccc(Oc4ccc(F)cc4)cc3)oc2c1. The van der Waals surface area contributed by atoms with E-state index in [0.29, 0.717) is 22.4 Å². The molecule has 0 spiro atoms. The summed E-state index contributed by atoms with van der Waals surface area (Å²) in [6.45, 7) is -0.541. The van der Waals surface area contributed by atoms with Gasteiger partial charge >= 0.3 is 5.97 Å². The summed E-state index contributed by atoms with van der Waals surface area (Å²) < 4.78 is 49.8. The number of carbonyl (C=O) groups is 1. The van der Waals surface area contributed by atoms with Gasteiger partial charge in [0.25, 0.3) is 0 Å². The molecule has 0 radical (unpaired) electrons. The van der Waals surface area contributed by atoms with Gasteiger partial charge in [-0.2, -0.15) is 0 Å². The van der Waals surface area contributed by atoms with Gasteiger partial charge in [-0.05, 0) is 60.7 Å². The van der Waals surface area contributed by atoms with Crippen molar-refractivity contribution in [2.75, 3.05) is 23.7 Å². The summed E-state index contributed by atoms with van der Waals surface area (Å²) in [5.74, 6) is -0.592. The van der Waals surface area contributed by atoms with E-state index >= 15 is 0 Å². The first-order valence-electron chi connectivity index (χ1n) is 10.1. The van der Waals surface area contributed by atoms with Crippen molar-refractivity contribution in [3.8, 4) is 22.8 Å². The summed E-state index contributed by atoms with van der Waals surface area (Å²) in [6.07, 6.45) is 1.01. The number of benzene rings is 3. The van der Waals surface area contributed by atoms with Crippen molar-refractivity contribution in [2.45, 2.75) is 0 Å². The molecule has 0 aliphatic rings. The fraction of sp³-hybridized carbons (Fsp3) is 0.125. The average molecular weight is 485 g/mol. The Labute approximate surface area is 194 Å². The Morgan fingerprint density at radius 1 is 1.03 bits per heavy atom. The molecule has 3 aromatic carbocycles. The largest absolute Gasteiger partial charge is 0.478 e. The predicted octanol–water partition coefficient (Wildman–Crippen LogP) is 4.49. The molecule has 0 atom stereocenters. The zero-order chi connectivity index (χ0) is 24.5. The van der Waals surface area contributed by atoms with Gasteiger partial charge in [0.05, 0.1) is 25.1 Å². The fourth-order valence-corrected chi connectivity index (χ4v) is 4.46. The standard InChI is InChI=1S/C24H20FNO7S/c1-34(30,31)26(12-13-27)17-6-11-20-21(14-17)33-23(22(20)24(28)29)15-2-7-18(8-3-15)32-19-9-4-16(25)5-10-19/h2-11,14,27H,12-13H2,1H3,(H,28,29). The number of nitrogens with zero attached hydrogens (tertiary/aromatic N) is 1. The summed E-state index contributed by atoms with van der Waals surface area (Å²) in [7, 11) is -3.67. The molecule has 176 valence electrons. The second-order valence-corrected chi connectivity index (χ2v) is 9.34. The first kappa shape index (κ1) is 23.3. The molecule has 0 unspecified atom stereocenters. The lowest BCUT2D eigenvalue weighted by atomic mass is 10.1. The molecular weight excluding hydrogens is 465 g/mol. The number of ether oxygens (including phenoxy) is 1. The molecule has 34 heavy (non-hydrogen) atoms. The third-order valence-corrected chi connectivity index (χ3v) is 6.24. The molecule has 0 aliphatic carbocycles. The van der Waals surface area contributed by atoms with Crippen LogP contribution in [0.15, 0.2) is 71.1 Å². The predicted molar refractivity (Wildman–Crippen MR) is 124 cm³/mol. The highest BCUT2D eigenvalue weighted by Crippen LogP contribution is 2.37. The van der Waals surface area contributed by atoms with E-state index in [-0.39, 0.29) is 41.6 Å². The monoisotopic (exact) mass is 485 g/mol. The van der Waals surface area contributed by atoms with Gasteiger partial charge in [0.2, 0.25) is 10.0 Å². The number of carboxylic acid groups (broad SMARTS) is 1. The minimum Gasteiger partial charge on any atom is -0.478 e. The van der Waals surface area contributed by atoms with Crippen LogP contribution in [0.1, 0.15) is 10.4 Å². The summed E-state index contributed by atoms with van der Waals surface area (Å²) in [4.78, 5) is 12.0. The van der Waals surface area contributed by atoms with Crippen molar-refractivity contribution in [3.05, 3.63) is 78.1 Å². The van der Waals surface area contributed by atoms with Gasteiger partial charge in [0, 0.05) is 17.0 Å². The van der Waals surface area contributed by atoms with E-state index in [1.807, 2.05) is 0 Å². The zero-order valence-electron chi connectivity index (χ0n) is 17.9. The molecule has 8 nitrogen and oxygen atoms in total. The number of fused-ring (bicyclic) bond motifs is 1. The number of carboxylic acids is 1. The molecular formula is C24H20FNO7S. The van der Waals surface area contributed by atoms with Crippen LogP contribution in [0.4, 0.5) is 10.1 Å². The Kier molecular flexibility index (Phi) is 6.27. The number of hydrogen-bond donors (Lipinski definition) is 2. The number of aliphatic hydroxyl groups excluding tert-OH is 1. The lowest BCUT2D eigenvalue weighted by Crippen LogP contribution is -2.32. The number of aromatic carboxylic acids is 1. The van der Waals surface area contributed by atoms with Crippen LogP contribution in [0.25, 0.3) is 22.3 Å². The minimum atomic E-state index is -3.67. The van der Waals surface area contributed by atoms with Gasteiger partial charge in [-0.25, -0.2) is 17.6 Å². The first-order valence-corrected chi connectivity index (χ1v) is 11.9. The number of aliphatic hydroxyl groups is 1. The Balaban J connectivity index is 1.72. The normalized spacial score (nSPS) is 11.5. The molecule has 0 saturated carbocycles. The Morgan fingerprint density at radius 3 is 2.21 bits per heavy atom.